The smallest absolute Gasteiger partial charge is 0.283 e. The van der Waals surface area contributed by atoms with Gasteiger partial charge in [0.2, 0.25) is 0 Å². The molecule has 84 valence electrons. The monoisotopic (exact) mass is 295 g/mol. The summed E-state index contributed by atoms with van der Waals surface area (Å²) >= 11 is 3.09. The molecule has 15 heavy (non-hydrogen) atoms. The number of hydrogen-bond acceptors (Lipinski definition) is 4. The number of halogens is 2. The second kappa shape index (κ2) is 6.02. The highest BCUT2D eigenvalue weighted by Gasteiger charge is 2.14. The molecule has 0 saturated carbocycles. The van der Waals surface area contributed by atoms with Crippen molar-refractivity contribution in [3.8, 4) is 0 Å². The zero-order chi connectivity index (χ0) is 10.7. The summed E-state index contributed by atoms with van der Waals surface area (Å²) in [5.74, 6) is 0. The highest BCUT2D eigenvalue weighted by molar-refractivity contribution is 9.10. The van der Waals surface area contributed by atoms with Gasteiger partial charge in [-0.2, -0.15) is 0 Å². The van der Waals surface area contributed by atoms with E-state index in [1.54, 1.807) is 12.1 Å². The summed E-state index contributed by atoms with van der Waals surface area (Å²) in [5.41, 5.74) is 11.7. The van der Waals surface area contributed by atoms with Crippen molar-refractivity contribution in [2.75, 3.05) is 6.54 Å². The Labute approximate surface area is 102 Å². The predicted octanol–water partition coefficient (Wildman–Crippen LogP) is 1.74. The lowest BCUT2D eigenvalue weighted by Gasteiger charge is -2.08. The molecular formula is C8H11BrClN3O2. The SMILES string of the molecule is Cl.NC[C@@H](N)c1ccc(Br)c([N+](=O)[O-])c1. The van der Waals surface area contributed by atoms with E-state index < -0.39 is 4.92 Å². The van der Waals surface area contributed by atoms with Crippen molar-refractivity contribution < 1.29 is 4.92 Å². The maximum atomic E-state index is 10.6. The van der Waals surface area contributed by atoms with Gasteiger partial charge >= 0.3 is 0 Å². The van der Waals surface area contributed by atoms with Gasteiger partial charge in [-0.05, 0) is 27.6 Å². The van der Waals surface area contributed by atoms with Crippen molar-refractivity contribution in [2.45, 2.75) is 6.04 Å². The Balaban J connectivity index is 0.00000196. The Bertz CT molecular complexity index is 362. The second-order valence-electron chi connectivity index (χ2n) is 2.81. The molecule has 0 fully saturated rings. The Hall–Kier alpha value is -0.690. The van der Waals surface area contributed by atoms with E-state index in [2.05, 4.69) is 15.9 Å². The van der Waals surface area contributed by atoms with E-state index in [4.69, 9.17) is 11.5 Å². The van der Waals surface area contributed by atoms with Crippen LogP contribution in [0.15, 0.2) is 22.7 Å². The van der Waals surface area contributed by atoms with Gasteiger partial charge in [0.25, 0.3) is 5.69 Å². The fraction of sp³-hybridized carbons (Fsp3) is 0.250. The molecular weight excluding hydrogens is 285 g/mol. The summed E-state index contributed by atoms with van der Waals surface area (Å²) in [6.45, 7) is 0.263. The minimum Gasteiger partial charge on any atom is -0.329 e. The zero-order valence-electron chi connectivity index (χ0n) is 7.72. The van der Waals surface area contributed by atoms with E-state index in [0.29, 0.717) is 10.0 Å². The molecule has 4 N–H and O–H groups in total. The standard InChI is InChI=1S/C8H10BrN3O2.ClH/c9-6-2-1-5(7(11)4-10)3-8(6)12(13)14;/h1-3,7H,4,10-11H2;1H/t7-;/m1./s1. The van der Waals surface area contributed by atoms with Crippen molar-refractivity contribution in [3.05, 3.63) is 38.3 Å². The van der Waals surface area contributed by atoms with Crippen molar-refractivity contribution in [1.29, 1.82) is 0 Å². The number of hydrogen-bond donors (Lipinski definition) is 2. The molecule has 1 rings (SSSR count). The lowest BCUT2D eigenvalue weighted by Crippen LogP contribution is -2.20. The molecule has 0 aromatic heterocycles. The molecule has 5 nitrogen and oxygen atoms in total. The second-order valence-corrected chi connectivity index (χ2v) is 3.66. The number of nitro benzene ring substituents is 1. The van der Waals surface area contributed by atoms with E-state index in [1.165, 1.54) is 6.07 Å². The topological polar surface area (TPSA) is 95.2 Å². The van der Waals surface area contributed by atoms with Gasteiger partial charge in [0, 0.05) is 18.7 Å². The van der Waals surface area contributed by atoms with Crippen molar-refractivity contribution in [2.24, 2.45) is 11.5 Å². The maximum absolute atomic E-state index is 10.6. The van der Waals surface area contributed by atoms with Crippen LogP contribution >= 0.6 is 28.3 Å². The van der Waals surface area contributed by atoms with Gasteiger partial charge in [-0.15, -0.1) is 12.4 Å². The van der Waals surface area contributed by atoms with Crippen LogP contribution in [0.2, 0.25) is 0 Å². The van der Waals surface area contributed by atoms with Crippen molar-refractivity contribution in [1.82, 2.24) is 0 Å². The summed E-state index contributed by atoms with van der Waals surface area (Å²) in [6.07, 6.45) is 0. The highest BCUT2D eigenvalue weighted by atomic mass is 79.9. The number of nitrogens with two attached hydrogens (primary N) is 2. The molecule has 0 saturated heterocycles. The Morgan fingerprint density at radius 2 is 2.13 bits per heavy atom. The molecule has 0 aliphatic heterocycles. The first-order chi connectivity index (χ1) is 6.56. The van der Waals surface area contributed by atoms with Crippen LogP contribution in [0.3, 0.4) is 0 Å². The fourth-order valence-electron chi connectivity index (χ4n) is 1.04. The van der Waals surface area contributed by atoms with E-state index in [-0.39, 0.29) is 30.7 Å². The van der Waals surface area contributed by atoms with E-state index in [0.717, 1.165) is 0 Å². The van der Waals surface area contributed by atoms with Gasteiger partial charge in [0.05, 0.1) is 9.40 Å². The highest BCUT2D eigenvalue weighted by Crippen LogP contribution is 2.27. The van der Waals surface area contributed by atoms with Crippen LogP contribution in [-0.4, -0.2) is 11.5 Å². The van der Waals surface area contributed by atoms with E-state index in [1.807, 2.05) is 0 Å². The predicted molar refractivity (Wildman–Crippen MR) is 64.0 cm³/mol. The van der Waals surface area contributed by atoms with Gasteiger partial charge in [0.1, 0.15) is 0 Å². The molecule has 1 atom stereocenters. The molecule has 7 heteroatoms. The summed E-state index contributed by atoms with van der Waals surface area (Å²) in [6, 6.07) is 4.39. The Morgan fingerprint density at radius 3 is 2.60 bits per heavy atom. The van der Waals surface area contributed by atoms with Crippen molar-refractivity contribution in [3.63, 3.8) is 0 Å². The number of nitro groups is 1. The van der Waals surface area contributed by atoms with Gasteiger partial charge in [0.15, 0.2) is 0 Å². The first kappa shape index (κ1) is 14.3. The van der Waals surface area contributed by atoms with Gasteiger partial charge in [-0.3, -0.25) is 10.1 Å². The molecule has 0 heterocycles. The first-order valence-electron chi connectivity index (χ1n) is 3.95. The molecule has 0 aliphatic carbocycles. The van der Waals surface area contributed by atoms with Crippen molar-refractivity contribution >= 4 is 34.0 Å². The number of benzene rings is 1. The summed E-state index contributed by atoms with van der Waals surface area (Å²) in [7, 11) is 0. The van der Waals surface area contributed by atoms with E-state index >= 15 is 0 Å². The minimum absolute atomic E-state index is 0. The quantitative estimate of drug-likeness (QED) is 0.656. The Morgan fingerprint density at radius 1 is 1.53 bits per heavy atom. The van der Waals surface area contributed by atoms with Crippen LogP contribution < -0.4 is 11.5 Å². The lowest BCUT2D eigenvalue weighted by atomic mass is 10.1. The summed E-state index contributed by atoms with van der Waals surface area (Å²) in [5, 5.41) is 10.6. The Kier molecular flexibility index (Phi) is 5.74. The molecule has 0 unspecified atom stereocenters. The van der Waals surface area contributed by atoms with Crippen LogP contribution in [-0.2, 0) is 0 Å². The summed E-state index contributed by atoms with van der Waals surface area (Å²) in [4.78, 5) is 10.1. The molecule has 1 aromatic rings. The third-order valence-electron chi connectivity index (χ3n) is 1.85. The number of rotatable bonds is 3. The number of nitrogens with zero attached hydrogens (tertiary/aromatic N) is 1. The van der Waals surface area contributed by atoms with Crippen LogP contribution in [0.5, 0.6) is 0 Å². The van der Waals surface area contributed by atoms with Crippen LogP contribution in [0, 0.1) is 10.1 Å². The fourth-order valence-corrected chi connectivity index (χ4v) is 1.43. The molecule has 0 radical (unpaired) electrons. The molecule has 1 aromatic carbocycles. The summed E-state index contributed by atoms with van der Waals surface area (Å²) < 4.78 is 0.440. The third kappa shape index (κ3) is 3.42. The normalized spacial score (nSPS) is 11.7. The third-order valence-corrected chi connectivity index (χ3v) is 2.52. The first-order valence-corrected chi connectivity index (χ1v) is 4.75. The average Bonchev–Trinajstić information content (AvgIpc) is 2.17. The van der Waals surface area contributed by atoms with Crippen LogP contribution in [0.1, 0.15) is 11.6 Å². The lowest BCUT2D eigenvalue weighted by molar-refractivity contribution is -0.385. The minimum atomic E-state index is -0.461. The van der Waals surface area contributed by atoms with Gasteiger partial charge in [-0.1, -0.05) is 6.07 Å². The maximum Gasteiger partial charge on any atom is 0.283 e. The van der Waals surface area contributed by atoms with E-state index in [9.17, 15) is 10.1 Å². The largest absolute Gasteiger partial charge is 0.329 e. The molecule has 0 bridgehead atoms. The van der Waals surface area contributed by atoms with Gasteiger partial charge in [-0.25, -0.2) is 0 Å². The van der Waals surface area contributed by atoms with Gasteiger partial charge < -0.3 is 11.5 Å². The molecule has 0 aliphatic rings. The molecule has 0 amide bonds. The van der Waals surface area contributed by atoms with Crippen LogP contribution in [0.4, 0.5) is 5.69 Å². The average molecular weight is 297 g/mol. The molecule has 0 spiro atoms. The zero-order valence-corrected chi connectivity index (χ0v) is 10.1. The van der Waals surface area contributed by atoms with Crippen LogP contribution in [0.25, 0.3) is 0 Å².